The Morgan fingerprint density at radius 3 is 2.42 bits per heavy atom. The minimum Gasteiger partial charge on any atom is -0.305 e. The molecule has 0 aliphatic heterocycles. The third kappa shape index (κ3) is 4.99. The van der Waals surface area contributed by atoms with E-state index in [1.165, 1.54) is 0 Å². The Hall–Kier alpha value is -1.41. The summed E-state index contributed by atoms with van der Waals surface area (Å²) in [6, 6.07) is 9.94. The first kappa shape index (κ1) is 15.6. The number of hydrogen-bond acceptors (Lipinski definition) is 4. The topological polar surface area (TPSA) is 59.9 Å². The van der Waals surface area contributed by atoms with Crippen molar-refractivity contribution in [1.29, 1.82) is 5.26 Å². The maximum Gasteiger partial charge on any atom is 0.0995 e. The van der Waals surface area contributed by atoms with E-state index in [2.05, 4.69) is 35.9 Å². The lowest BCUT2D eigenvalue weighted by atomic mass is 10.1. The number of rotatable bonds is 8. The van der Waals surface area contributed by atoms with Gasteiger partial charge in [0.1, 0.15) is 0 Å². The molecule has 0 bridgehead atoms. The summed E-state index contributed by atoms with van der Waals surface area (Å²) in [7, 11) is 1.96. The van der Waals surface area contributed by atoms with Crippen molar-refractivity contribution in [2.75, 3.05) is 7.05 Å². The van der Waals surface area contributed by atoms with Crippen LogP contribution < -0.4 is 16.0 Å². The highest BCUT2D eigenvalue weighted by molar-refractivity contribution is 5.37. The van der Waals surface area contributed by atoms with E-state index < -0.39 is 0 Å². The first-order chi connectivity index (χ1) is 9.24. The van der Waals surface area contributed by atoms with Crippen LogP contribution in [0.2, 0.25) is 0 Å². The molecule has 2 atom stereocenters. The lowest BCUT2D eigenvalue weighted by Gasteiger charge is -2.25. The van der Waals surface area contributed by atoms with Crippen molar-refractivity contribution in [3.63, 3.8) is 0 Å². The van der Waals surface area contributed by atoms with Gasteiger partial charge in [-0.25, -0.2) is 0 Å². The number of hydrogen-bond donors (Lipinski definition) is 3. The molecule has 1 rings (SSSR count). The van der Waals surface area contributed by atoms with E-state index >= 15 is 0 Å². The van der Waals surface area contributed by atoms with Crippen LogP contribution in [0, 0.1) is 11.3 Å². The van der Waals surface area contributed by atoms with E-state index in [0.717, 1.165) is 24.0 Å². The number of benzene rings is 1. The Bertz CT molecular complexity index is 407. The van der Waals surface area contributed by atoms with Crippen LogP contribution in [0.25, 0.3) is 0 Å². The normalized spacial score (nSPS) is 13.8. The van der Waals surface area contributed by atoms with Crippen LogP contribution in [-0.2, 0) is 6.54 Å². The van der Waals surface area contributed by atoms with Gasteiger partial charge in [-0.05, 0) is 31.5 Å². The van der Waals surface area contributed by atoms with Crippen LogP contribution >= 0.6 is 0 Å². The standard InChI is InChI=1S/C15H24N4/c1-4-14(17-3)19-15(5-2)18-11-13-9-7-6-8-12(13)10-16/h6-9,14-15,17-19H,4-5,11H2,1-3H3. The van der Waals surface area contributed by atoms with Crippen molar-refractivity contribution in [3.05, 3.63) is 35.4 Å². The van der Waals surface area contributed by atoms with Crippen LogP contribution in [0.4, 0.5) is 0 Å². The Morgan fingerprint density at radius 2 is 1.84 bits per heavy atom. The second-order valence-corrected chi connectivity index (χ2v) is 4.53. The Morgan fingerprint density at radius 1 is 1.16 bits per heavy atom. The van der Waals surface area contributed by atoms with Gasteiger partial charge in [-0.3, -0.25) is 10.6 Å². The predicted molar refractivity (Wildman–Crippen MR) is 78.4 cm³/mol. The molecular formula is C15H24N4. The third-order valence-electron chi connectivity index (χ3n) is 3.24. The van der Waals surface area contributed by atoms with Crippen LogP contribution in [0.15, 0.2) is 24.3 Å². The van der Waals surface area contributed by atoms with Crippen LogP contribution in [0.3, 0.4) is 0 Å². The largest absolute Gasteiger partial charge is 0.305 e. The van der Waals surface area contributed by atoms with Crippen molar-refractivity contribution in [2.45, 2.75) is 45.6 Å². The average molecular weight is 260 g/mol. The first-order valence-electron chi connectivity index (χ1n) is 6.89. The molecule has 0 aliphatic carbocycles. The second-order valence-electron chi connectivity index (χ2n) is 4.53. The summed E-state index contributed by atoms with van der Waals surface area (Å²) >= 11 is 0. The smallest absolute Gasteiger partial charge is 0.0995 e. The maximum atomic E-state index is 9.06. The van der Waals surface area contributed by atoms with E-state index in [-0.39, 0.29) is 6.17 Å². The minimum absolute atomic E-state index is 0.240. The van der Waals surface area contributed by atoms with Crippen molar-refractivity contribution in [2.24, 2.45) is 0 Å². The lowest BCUT2D eigenvalue weighted by Crippen LogP contribution is -2.51. The van der Waals surface area contributed by atoms with Gasteiger partial charge in [-0.1, -0.05) is 32.0 Å². The molecule has 104 valence electrons. The van der Waals surface area contributed by atoms with Crippen LogP contribution in [-0.4, -0.2) is 19.4 Å². The molecule has 4 heteroatoms. The summed E-state index contributed by atoms with van der Waals surface area (Å²) in [5, 5.41) is 19.3. The minimum atomic E-state index is 0.240. The highest BCUT2D eigenvalue weighted by atomic mass is 15.2. The summed E-state index contributed by atoms with van der Waals surface area (Å²) in [6.07, 6.45) is 2.57. The molecule has 1 aromatic rings. The molecule has 0 amide bonds. The van der Waals surface area contributed by atoms with E-state index in [4.69, 9.17) is 5.26 Å². The zero-order valence-electron chi connectivity index (χ0n) is 12.0. The maximum absolute atomic E-state index is 9.06. The van der Waals surface area contributed by atoms with Crippen molar-refractivity contribution in [1.82, 2.24) is 16.0 Å². The van der Waals surface area contributed by atoms with E-state index in [9.17, 15) is 0 Å². The SMILES string of the molecule is CCC(NC)NC(CC)NCc1ccccc1C#N. The zero-order valence-corrected chi connectivity index (χ0v) is 12.0. The fourth-order valence-corrected chi connectivity index (χ4v) is 1.99. The Labute approximate surface area is 116 Å². The van der Waals surface area contributed by atoms with Crippen LogP contribution in [0.5, 0.6) is 0 Å². The first-order valence-corrected chi connectivity index (χ1v) is 6.89. The molecule has 2 unspecified atom stereocenters. The van der Waals surface area contributed by atoms with Gasteiger partial charge in [-0.2, -0.15) is 5.26 Å². The van der Waals surface area contributed by atoms with Gasteiger partial charge in [0.25, 0.3) is 0 Å². The highest BCUT2D eigenvalue weighted by Gasteiger charge is 2.10. The van der Waals surface area contributed by atoms with Gasteiger partial charge >= 0.3 is 0 Å². The summed E-state index contributed by atoms with van der Waals surface area (Å²) in [4.78, 5) is 0. The number of nitrogens with zero attached hydrogens (tertiary/aromatic N) is 1. The number of nitrogens with one attached hydrogen (secondary N) is 3. The molecule has 3 N–H and O–H groups in total. The van der Waals surface area contributed by atoms with Gasteiger partial charge in [0, 0.05) is 6.54 Å². The molecule has 4 nitrogen and oxygen atoms in total. The quantitative estimate of drug-likeness (QED) is 0.625. The highest BCUT2D eigenvalue weighted by Crippen LogP contribution is 2.07. The molecule has 0 saturated carbocycles. The Balaban J connectivity index is 2.56. The van der Waals surface area contributed by atoms with E-state index in [1.807, 2.05) is 31.3 Å². The molecule has 0 fully saturated rings. The lowest BCUT2D eigenvalue weighted by molar-refractivity contribution is 0.328. The third-order valence-corrected chi connectivity index (χ3v) is 3.24. The summed E-state index contributed by atoms with van der Waals surface area (Å²) in [5.74, 6) is 0. The molecule has 0 radical (unpaired) electrons. The molecule has 0 aliphatic rings. The van der Waals surface area contributed by atoms with E-state index in [0.29, 0.717) is 12.7 Å². The fourth-order valence-electron chi connectivity index (χ4n) is 1.99. The van der Waals surface area contributed by atoms with Gasteiger partial charge < -0.3 is 5.32 Å². The van der Waals surface area contributed by atoms with Gasteiger partial charge in [0.2, 0.25) is 0 Å². The molecule has 0 aromatic heterocycles. The molecule has 0 heterocycles. The molecule has 19 heavy (non-hydrogen) atoms. The van der Waals surface area contributed by atoms with Crippen molar-refractivity contribution in [3.8, 4) is 6.07 Å². The summed E-state index contributed by atoms with van der Waals surface area (Å²) in [5.41, 5.74) is 1.79. The van der Waals surface area contributed by atoms with E-state index in [1.54, 1.807) is 0 Å². The van der Waals surface area contributed by atoms with Crippen molar-refractivity contribution < 1.29 is 0 Å². The fraction of sp³-hybridized carbons (Fsp3) is 0.533. The van der Waals surface area contributed by atoms with Gasteiger partial charge in [0.15, 0.2) is 0 Å². The van der Waals surface area contributed by atoms with Crippen LogP contribution in [0.1, 0.15) is 37.8 Å². The monoisotopic (exact) mass is 260 g/mol. The molecule has 0 spiro atoms. The molecule has 1 aromatic carbocycles. The van der Waals surface area contributed by atoms with Crippen molar-refractivity contribution >= 4 is 0 Å². The van der Waals surface area contributed by atoms with Gasteiger partial charge in [-0.15, -0.1) is 0 Å². The predicted octanol–water partition coefficient (Wildman–Crippen LogP) is 1.93. The molecule has 0 saturated heterocycles. The zero-order chi connectivity index (χ0) is 14.1. The second kappa shape index (κ2) is 8.65. The molecular weight excluding hydrogens is 236 g/mol. The summed E-state index contributed by atoms with van der Waals surface area (Å²) < 4.78 is 0. The number of nitriles is 1. The Kier molecular flexibility index (Phi) is 7.12. The average Bonchev–Trinajstić information content (AvgIpc) is 2.48. The summed E-state index contributed by atoms with van der Waals surface area (Å²) in [6.45, 7) is 4.99. The van der Waals surface area contributed by atoms with Gasteiger partial charge in [0.05, 0.1) is 24.0 Å².